The summed E-state index contributed by atoms with van der Waals surface area (Å²) in [6.45, 7) is 1.46. The Morgan fingerprint density at radius 1 is 1.41 bits per heavy atom. The van der Waals surface area contributed by atoms with Crippen molar-refractivity contribution >= 4 is 27.6 Å². The van der Waals surface area contributed by atoms with E-state index in [2.05, 4.69) is 21.2 Å². The number of carbonyl (C=O) groups is 1. The summed E-state index contributed by atoms with van der Waals surface area (Å²) in [5.74, 6) is -0.924. The third-order valence-electron chi connectivity index (χ3n) is 2.81. The summed E-state index contributed by atoms with van der Waals surface area (Å²) < 4.78 is 5.87. The standard InChI is InChI=1S/C12H14BrNO3/c13-9-2-1-3-10(11(9)12(15)16)14-8-4-6-17-7-5-8/h1-3,8,14H,4-7H2,(H,15,16). The molecule has 0 saturated carbocycles. The molecule has 0 unspecified atom stereocenters. The zero-order chi connectivity index (χ0) is 12.3. The van der Waals surface area contributed by atoms with E-state index in [9.17, 15) is 9.90 Å². The van der Waals surface area contributed by atoms with Crippen LogP contribution >= 0.6 is 15.9 Å². The van der Waals surface area contributed by atoms with Crippen LogP contribution in [0.15, 0.2) is 22.7 Å². The minimum Gasteiger partial charge on any atom is -0.478 e. The first-order valence-corrected chi connectivity index (χ1v) is 6.34. The van der Waals surface area contributed by atoms with E-state index in [1.165, 1.54) is 0 Å². The highest BCUT2D eigenvalue weighted by Gasteiger charge is 2.18. The third kappa shape index (κ3) is 2.98. The number of rotatable bonds is 3. The minimum absolute atomic E-state index is 0.288. The van der Waals surface area contributed by atoms with E-state index >= 15 is 0 Å². The van der Waals surface area contributed by atoms with Crippen LogP contribution in [0.1, 0.15) is 23.2 Å². The second-order valence-corrected chi connectivity index (χ2v) is 4.85. The molecule has 4 nitrogen and oxygen atoms in total. The van der Waals surface area contributed by atoms with Crippen LogP contribution in [0.5, 0.6) is 0 Å². The zero-order valence-electron chi connectivity index (χ0n) is 9.28. The molecular formula is C12H14BrNO3. The fourth-order valence-electron chi connectivity index (χ4n) is 1.92. The quantitative estimate of drug-likeness (QED) is 0.901. The van der Waals surface area contributed by atoms with Gasteiger partial charge in [0.05, 0.1) is 11.3 Å². The number of halogens is 1. The first-order chi connectivity index (χ1) is 8.18. The highest BCUT2D eigenvalue weighted by molar-refractivity contribution is 9.10. The van der Waals surface area contributed by atoms with Gasteiger partial charge in [0.2, 0.25) is 0 Å². The van der Waals surface area contributed by atoms with E-state index in [1.807, 2.05) is 6.07 Å². The molecular weight excluding hydrogens is 286 g/mol. The topological polar surface area (TPSA) is 58.6 Å². The molecule has 17 heavy (non-hydrogen) atoms. The van der Waals surface area contributed by atoms with Gasteiger partial charge in [0.25, 0.3) is 0 Å². The smallest absolute Gasteiger partial charge is 0.338 e. The van der Waals surface area contributed by atoms with Crippen molar-refractivity contribution in [2.45, 2.75) is 18.9 Å². The Labute approximate surface area is 108 Å². The lowest BCUT2D eigenvalue weighted by atomic mass is 10.1. The van der Waals surface area contributed by atoms with Gasteiger partial charge in [0.15, 0.2) is 0 Å². The maximum Gasteiger partial charge on any atom is 0.338 e. The normalized spacial score (nSPS) is 16.8. The SMILES string of the molecule is O=C(O)c1c(Br)cccc1NC1CCOCC1. The van der Waals surface area contributed by atoms with Crippen molar-refractivity contribution in [3.63, 3.8) is 0 Å². The van der Waals surface area contributed by atoms with Gasteiger partial charge in [-0.15, -0.1) is 0 Å². The van der Waals surface area contributed by atoms with Gasteiger partial charge in [-0.25, -0.2) is 4.79 Å². The summed E-state index contributed by atoms with van der Waals surface area (Å²) in [7, 11) is 0. The molecule has 1 aliphatic rings. The van der Waals surface area contributed by atoms with E-state index in [1.54, 1.807) is 12.1 Å². The summed E-state index contributed by atoms with van der Waals surface area (Å²) >= 11 is 3.27. The van der Waals surface area contributed by atoms with Gasteiger partial charge in [0.1, 0.15) is 0 Å². The van der Waals surface area contributed by atoms with Crippen molar-refractivity contribution in [3.05, 3.63) is 28.2 Å². The Morgan fingerprint density at radius 2 is 2.12 bits per heavy atom. The molecule has 0 radical (unpaired) electrons. The maximum atomic E-state index is 11.2. The highest BCUT2D eigenvalue weighted by Crippen LogP contribution is 2.26. The molecule has 0 bridgehead atoms. The Kier molecular flexibility index (Phi) is 4.02. The molecule has 1 fully saturated rings. The third-order valence-corrected chi connectivity index (χ3v) is 3.47. The first-order valence-electron chi connectivity index (χ1n) is 5.54. The molecule has 0 atom stereocenters. The fraction of sp³-hybridized carbons (Fsp3) is 0.417. The molecule has 0 aromatic heterocycles. The number of benzene rings is 1. The number of aromatic carboxylic acids is 1. The van der Waals surface area contributed by atoms with Gasteiger partial charge in [-0.1, -0.05) is 6.07 Å². The van der Waals surface area contributed by atoms with Crippen LogP contribution in [0.3, 0.4) is 0 Å². The number of ether oxygens (including phenoxy) is 1. The summed E-state index contributed by atoms with van der Waals surface area (Å²) in [4.78, 5) is 11.2. The molecule has 1 aliphatic heterocycles. The highest BCUT2D eigenvalue weighted by atomic mass is 79.9. The van der Waals surface area contributed by atoms with E-state index < -0.39 is 5.97 Å². The second-order valence-electron chi connectivity index (χ2n) is 4.00. The van der Waals surface area contributed by atoms with E-state index in [0.29, 0.717) is 15.7 Å². The van der Waals surface area contributed by atoms with Crippen LogP contribution in [-0.4, -0.2) is 30.3 Å². The fourth-order valence-corrected chi connectivity index (χ4v) is 2.46. The number of nitrogens with one attached hydrogen (secondary N) is 1. The molecule has 2 N–H and O–H groups in total. The van der Waals surface area contributed by atoms with E-state index in [-0.39, 0.29) is 6.04 Å². The van der Waals surface area contributed by atoms with Gasteiger partial charge in [-0.05, 0) is 40.9 Å². The summed E-state index contributed by atoms with van der Waals surface area (Å²) in [5, 5.41) is 12.5. The van der Waals surface area contributed by atoms with Crippen LogP contribution < -0.4 is 5.32 Å². The molecule has 0 amide bonds. The van der Waals surface area contributed by atoms with Gasteiger partial charge in [-0.2, -0.15) is 0 Å². The van der Waals surface area contributed by atoms with Crippen molar-refractivity contribution in [3.8, 4) is 0 Å². The van der Waals surface area contributed by atoms with Crippen LogP contribution in [0, 0.1) is 0 Å². The summed E-state index contributed by atoms with van der Waals surface area (Å²) in [6.07, 6.45) is 1.82. The molecule has 0 spiro atoms. The predicted molar refractivity (Wildman–Crippen MR) is 68.6 cm³/mol. The van der Waals surface area contributed by atoms with Gasteiger partial charge >= 0.3 is 5.97 Å². The van der Waals surface area contributed by atoms with Crippen LogP contribution in [0.25, 0.3) is 0 Å². The molecule has 92 valence electrons. The summed E-state index contributed by atoms with van der Waals surface area (Å²) in [5.41, 5.74) is 0.956. The van der Waals surface area contributed by atoms with Crippen molar-refractivity contribution < 1.29 is 14.6 Å². The second kappa shape index (κ2) is 5.51. The molecule has 1 aromatic carbocycles. The molecule has 1 aromatic rings. The van der Waals surface area contributed by atoms with Crippen LogP contribution in [-0.2, 0) is 4.74 Å². The molecule has 1 heterocycles. The number of anilines is 1. The van der Waals surface area contributed by atoms with E-state index in [0.717, 1.165) is 26.1 Å². The number of carboxylic acid groups (broad SMARTS) is 1. The Balaban J connectivity index is 2.19. The average Bonchev–Trinajstić information content (AvgIpc) is 2.30. The van der Waals surface area contributed by atoms with Gasteiger partial charge in [0, 0.05) is 23.7 Å². The molecule has 0 aliphatic carbocycles. The van der Waals surface area contributed by atoms with Crippen LogP contribution in [0.4, 0.5) is 5.69 Å². The molecule has 2 rings (SSSR count). The predicted octanol–water partition coefficient (Wildman–Crippen LogP) is 2.74. The number of carboxylic acids is 1. The van der Waals surface area contributed by atoms with Crippen LogP contribution in [0.2, 0.25) is 0 Å². The lowest BCUT2D eigenvalue weighted by molar-refractivity contribution is 0.0696. The van der Waals surface area contributed by atoms with Crippen molar-refractivity contribution in [1.82, 2.24) is 0 Å². The largest absolute Gasteiger partial charge is 0.478 e. The molecule has 5 heteroatoms. The Hall–Kier alpha value is -1.07. The van der Waals surface area contributed by atoms with Gasteiger partial charge in [-0.3, -0.25) is 0 Å². The maximum absolute atomic E-state index is 11.2. The number of hydrogen-bond donors (Lipinski definition) is 2. The zero-order valence-corrected chi connectivity index (χ0v) is 10.9. The molecule has 1 saturated heterocycles. The summed E-state index contributed by atoms with van der Waals surface area (Å²) in [6, 6.07) is 5.65. The Bertz CT molecular complexity index is 416. The van der Waals surface area contributed by atoms with E-state index in [4.69, 9.17) is 4.74 Å². The number of hydrogen-bond acceptors (Lipinski definition) is 3. The monoisotopic (exact) mass is 299 g/mol. The minimum atomic E-state index is -0.924. The first kappa shape index (κ1) is 12.4. The lowest BCUT2D eigenvalue weighted by Crippen LogP contribution is -2.28. The van der Waals surface area contributed by atoms with Crippen molar-refractivity contribution in [1.29, 1.82) is 0 Å². The van der Waals surface area contributed by atoms with Gasteiger partial charge < -0.3 is 15.2 Å². The average molecular weight is 300 g/mol. The van der Waals surface area contributed by atoms with Crippen molar-refractivity contribution in [2.75, 3.05) is 18.5 Å². The lowest BCUT2D eigenvalue weighted by Gasteiger charge is -2.25. The van der Waals surface area contributed by atoms with Crippen molar-refractivity contribution in [2.24, 2.45) is 0 Å². The Morgan fingerprint density at radius 3 is 2.76 bits per heavy atom.